The zero-order valence-electron chi connectivity index (χ0n) is 8.97. The van der Waals surface area contributed by atoms with Crippen LogP contribution < -0.4 is 5.73 Å². The van der Waals surface area contributed by atoms with Gasteiger partial charge in [0.1, 0.15) is 0 Å². The van der Waals surface area contributed by atoms with Crippen molar-refractivity contribution in [2.75, 3.05) is 20.1 Å². The van der Waals surface area contributed by atoms with Gasteiger partial charge in [-0.2, -0.15) is 0 Å². The molecule has 0 amide bonds. The Morgan fingerprint density at radius 1 is 1.50 bits per heavy atom. The molecular weight excluding hydrogens is 186 g/mol. The minimum Gasteiger partial charge on any atom is -0.325 e. The molecule has 84 valence electrons. The van der Waals surface area contributed by atoms with E-state index in [-0.39, 0.29) is 6.54 Å². The Morgan fingerprint density at radius 2 is 2.07 bits per heavy atom. The molecule has 14 heavy (non-hydrogen) atoms. The lowest BCUT2D eigenvalue weighted by Gasteiger charge is -2.30. The number of nitrogens with zero attached hydrogens (tertiary/aromatic N) is 1. The van der Waals surface area contributed by atoms with E-state index in [1.165, 1.54) is 12.8 Å². The molecule has 0 bridgehead atoms. The fraction of sp³-hybridized carbons (Fsp3) is 1.00. The molecule has 1 saturated carbocycles. The number of halogens is 2. The van der Waals surface area contributed by atoms with E-state index >= 15 is 0 Å². The molecule has 1 aliphatic carbocycles. The van der Waals surface area contributed by atoms with Crippen molar-refractivity contribution in [3.8, 4) is 0 Å². The topological polar surface area (TPSA) is 29.3 Å². The predicted octanol–water partition coefficient (Wildman–Crippen LogP) is 1.70. The second-order valence-electron chi connectivity index (χ2n) is 4.29. The van der Waals surface area contributed by atoms with Crippen molar-refractivity contribution in [1.82, 2.24) is 4.90 Å². The largest absolute Gasteiger partial charge is 0.325 e. The summed E-state index contributed by atoms with van der Waals surface area (Å²) in [7, 11) is 1.77. The third kappa shape index (κ3) is 3.17. The number of rotatable bonds is 6. The first-order valence-electron chi connectivity index (χ1n) is 5.28. The lowest BCUT2D eigenvalue weighted by atomic mass is 10.1. The fourth-order valence-corrected chi connectivity index (χ4v) is 2.03. The molecule has 1 aliphatic rings. The van der Waals surface area contributed by atoms with Crippen LogP contribution >= 0.6 is 0 Å². The van der Waals surface area contributed by atoms with Crippen molar-refractivity contribution in [1.29, 1.82) is 0 Å². The molecular formula is C10H20F2N2. The number of hydrogen-bond donors (Lipinski definition) is 1. The van der Waals surface area contributed by atoms with E-state index in [1.807, 2.05) is 0 Å². The van der Waals surface area contributed by atoms with Gasteiger partial charge in [0.25, 0.3) is 5.92 Å². The van der Waals surface area contributed by atoms with Gasteiger partial charge < -0.3 is 5.73 Å². The van der Waals surface area contributed by atoms with E-state index < -0.39 is 12.5 Å². The van der Waals surface area contributed by atoms with Gasteiger partial charge in [0, 0.05) is 6.04 Å². The molecule has 0 saturated heterocycles. The van der Waals surface area contributed by atoms with Crippen molar-refractivity contribution < 1.29 is 8.78 Å². The van der Waals surface area contributed by atoms with Gasteiger partial charge >= 0.3 is 0 Å². The van der Waals surface area contributed by atoms with Crippen LogP contribution in [0.2, 0.25) is 0 Å². The summed E-state index contributed by atoms with van der Waals surface area (Å²) in [6.07, 6.45) is 3.33. The smallest absolute Gasteiger partial charge is 0.272 e. The Hall–Kier alpha value is -0.220. The van der Waals surface area contributed by atoms with Crippen LogP contribution in [0, 0.1) is 5.92 Å². The molecule has 2 nitrogen and oxygen atoms in total. The molecule has 0 radical (unpaired) electrons. The monoisotopic (exact) mass is 206 g/mol. The zero-order valence-corrected chi connectivity index (χ0v) is 8.97. The van der Waals surface area contributed by atoms with Crippen molar-refractivity contribution in [2.24, 2.45) is 11.7 Å². The van der Waals surface area contributed by atoms with Crippen LogP contribution in [0.5, 0.6) is 0 Å². The van der Waals surface area contributed by atoms with Crippen molar-refractivity contribution in [3.05, 3.63) is 0 Å². The maximum absolute atomic E-state index is 13.0. The highest BCUT2D eigenvalue weighted by Crippen LogP contribution is 2.36. The molecule has 0 aromatic rings. The van der Waals surface area contributed by atoms with E-state index in [4.69, 9.17) is 5.73 Å². The fourth-order valence-electron chi connectivity index (χ4n) is 2.03. The van der Waals surface area contributed by atoms with Crippen molar-refractivity contribution in [3.63, 3.8) is 0 Å². The normalized spacial score (nSPS) is 20.1. The molecule has 0 spiro atoms. The summed E-state index contributed by atoms with van der Waals surface area (Å²) < 4.78 is 26.0. The third-order valence-corrected chi connectivity index (χ3v) is 2.93. The second-order valence-corrected chi connectivity index (χ2v) is 4.29. The van der Waals surface area contributed by atoms with Crippen LogP contribution in [0.4, 0.5) is 8.78 Å². The minimum absolute atomic E-state index is 0.210. The zero-order chi connectivity index (χ0) is 10.8. The molecule has 1 fully saturated rings. The lowest BCUT2D eigenvalue weighted by Crippen LogP contribution is -2.45. The van der Waals surface area contributed by atoms with Crippen LogP contribution in [0.15, 0.2) is 0 Å². The van der Waals surface area contributed by atoms with Gasteiger partial charge in [0.15, 0.2) is 0 Å². The first kappa shape index (κ1) is 11.9. The van der Waals surface area contributed by atoms with Crippen LogP contribution in [0.25, 0.3) is 0 Å². The Labute approximate surface area is 84.4 Å². The standard InChI is InChI=1S/C10H20F2N2/c1-3-9(8-4-5-8)14(2)7-10(11,12)6-13/h8-9H,3-7,13H2,1-2H3. The van der Waals surface area contributed by atoms with E-state index in [2.05, 4.69) is 6.92 Å². The summed E-state index contributed by atoms with van der Waals surface area (Å²) in [4.78, 5) is 1.77. The Morgan fingerprint density at radius 3 is 2.43 bits per heavy atom. The maximum atomic E-state index is 13.0. The van der Waals surface area contributed by atoms with Gasteiger partial charge in [0.2, 0.25) is 0 Å². The summed E-state index contributed by atoms with van der Waals surface area (Å²) in [5, 5.41) is 0. The number of alkyl halides is 2. The molecule has 0 aliphatic heterocycles. The summed E-state index contributed by atoms with van der Waals surface area (Å²) in [5.41, 5.74) is 5.01. The SMILES string of the molecule is CCC(C1CC1)N(C)CC(F)(F)CN. The van der Waals surface area contributed by atoms with Gasteiger partial charge in [-0.1, -0.05) is 6.92 Å². The van der Waals surface area contributed by atoms with Crippen LogP contribution in [-0.4, -0.2) is 37.0 Å². The molecule has 1 rings (SSSR count). The van der Waals surface area contributed by atoms with Gasteiger partial charge in [-0.25, -0.2) is 8.78 Å². The van der Waals surface area contributed by atoms with E-state index in [1.54, 1.807) is 11.9 Å². The van der Waals surface area contributed by atoms with Crippen molar-refractivity contribution >= 4 is 0 Å². The molecule has 0 aromatic carbocycles. The van der Waals surface area contributed by atoms with Gasteiger partial charge in [-0.15, -0.1) is 0 Å². The van der Waals surface area contributed by atoms with E-state index in [0.29, 0.717) is 12.0 Å². The lowest BCUT2D eigenvalue weighted by molar-refractivity contribution is -0.0293. The Kier molecular flexibility index (Phi) is 3.84. The highest BCUT2D eigenvalue weighted by Gasteiger charge is 2.37. The Balaban J connectivity index is 2.42. The van der Waals surface area contributed by atoms with Gasteiger partial charge in [-0.05, 0) is 32.2 Å². The first-order valence-corrected chi connectivity index (χ1v) is 5.28. The first-order chi connectivity index (χ1) is 6.50. The van der Waals surface area contributed by atoms with Crippen LogP contribution in [0.3, 0.4) is 0 Å². The third-order valence-electron chi connectivity index (χ3n) is 2.93. The second kappa shape index (κ2) is 4.53. The average Bonchev–Trinajstić information content (AvgIpc) is 2.89. The summed E-state index contributed by atoms with van der Waals surface area (Å²) in [6.45, 7) is 1.29. The predicted molar refractivity (Wildman–Crippen MR) is 53.4 cm³/mol. The van der Waals surface area contributed by atoms with Gasteiger partial charge in [0.05, 0.1) is 13.1 Å². The summed E-state index contributed by atoms with van der Waals surface area (Å²) in [6, 6.07) is 0.312. The highest BCUT2D eigenvalue weighted by molar-refractivity contribution is 4.88. The summed E-state index contributed by atoms with van der Waals surface area (Å²) >= 11 is 0. The quantitative estimate of drug-likeness (QED) is 0.716. The number of nitrogens with two attached hydrogens (primary N) is 1. The van der Waals surface area contributed by atoms with Crippen LogP contribution in [0.1, 0.15) is 26.2 Å². The molecule has 1 unspecified atom stereocenters. The highest BCUT2D eigenvalue weighted by atomic mass is 19.3. The summed E-state index contributed by atoms with van der Waals surface area (Å²) in [5.74, 6) is -2.10. The molecule has 0 heterocycles. The molecule has 2 N–H and O–H groups in total. The van der Waals surface area contributed by atoms with Gasteiger partial charge in [-0.3, -0.25) is 4.90 Å². The minimum atomic E-state index is -2.74. The average molecular weight is 206 g/mol. The van der Waals surface area contributed by atoms with Crippen LogP contribution in [-0.2, 0) is 0 Å². The van der Waals surface area contributed by atoms with E-state index in [0.717, 1.165) is 6.42 Å². The molecule has 1 atom stereocenters. The maximum Gasteiger partial charge on any atom is 0.272 e. The van der Waals surface area contributed by atoms with E-state index in [9.17, 15) is 8.78 Å². The van der Waals surface area contributed by atoms with Crippen molar-refractivity contribution in [2.45, 2.75) is 38.2 Å². The molecule has 4 heteroatoms. The molecule has 0 aromatic heterocycles. The Bertz CT molecular complexity index is 181. The number of hydrogen-bond acceptors (Lipinski definition) is 2.